The quantitative estimate of drug-likeness (QED) is 0.761. The van der Waals surface area contributed by atoms with Crippen LogP contribution in [0.25, 0.3) is 0 Å². The molecule has 1 aliphatic carbocycles. The van der Waals surface area contributed by atoms with E-state index in [-0.39, 0.29) is 12.1 Å². The molecule has 0 fully saturated rings. The summed E-state index contributed by atoms with van der Waals surface area (Å²) in [5.41, 5.74) is 2.56. The molecule has 14 heavy (non-hydrogen) atoms. The standard InChI is InChI=1S/C12H17NO/c1-2-7-13-12-10-6-4-3-5-9(10)8-11(12)14/h3-6,11-14H,2,7-8H2,1H3. The van der Waals surface area contributed by atoms with E-state index in [9.17, 15) is 5.11 Å². The Balaban J connectivity index is 2.17. The van der Waals surface area contributed by atoms with Crippen LogP contribution >= 0.6 is 0 Å². The Bertz CT molecular complexity index is 311. The molecule has 0 saturated carbocycles. The van der Waals surface area contributed by atoms with Crippen LogP contribution in [0.5, 0.6) is 0 Å². The highest BCUT2D eigenvalue weighted by Gasteiger charge is 2.29. The maximum Gasteiger partial charge on any atom is 0.0775 e. The fraction of sp³-hybridized carbons (Fsp3) is 0.500. The van der Waals surface area contributed by atoms with Crippen LogP contribution in [0.1, 0.15) is 30.5 Å². The lowest BCUT2D eigenvalue weighted by Crippen LogP contribution is -2.29. The fourth-order valence-corrected chi connectivity index (χ4v) is 2.12. The average Bonchev–Trinajstić information content (AvgIpc) is 2.51. The second-order valence-electron chi connectivity index (χ2n) is 3.90. The number of aliphatic hydroxyl groups is 1. The summed E-state index contributed by atoms with van der Waals surface area (Å²) in [6.45, 7) is 3.11. The molecule has 1 aliphatic rings. The molecule has 2 N–H and O–H groups in total. The Hall–Kier alpha value is -0.860. The number of aliphatic hydroxyl groups excluding tert-OH is 1. The molecular formula is C12H17NO. The van der Waals surface area contributed by atoms with Gasteiger partial charge in [-0.05, 0) is 24.1 Å². The zero-order chi connectivity index (χ0) is 9.97. The van der Waals surface area contributed by atoms with Gasteiger partial charge in [-0.1, -0.05) is 31.2 Å². The summed E-state index contributed by atoms with van der Waals surface area (Å²) in [4.78, 5) is 0. The number of rotatable bonds is 3. The highest BCUT2D eigenvalue weighted by Crippen LogP contribution is 2.30. The lowest BCUT2D eigenvalue weighted by atomic mass is 10.1. The number of nitrogens with one attached hydrogen (secondary N) is 1. The van der Waals surface area contributed by atoms with Crippen LogP contribution in [-0.4, -0.2) is 17.8 Å². The zero-order valence-electron chi connectivity index (χ0n) is 8.53. The van der Waals surface area contributed by atoms with Gasteiger partial charge in [0.05, 0.1) is 12.1 Å². The summed E-state index contributed by atoms with van der Waals surface area (Å²) < 4.78 is 0. The van der Waals surface area contributed by atoms with E-state index in [0.29, 0.717) is 0 Å². The predicted molar refractivity (Wildman–Crippen MR) is 57.2 cm³/mol. The molecule has 2 nitrogen and oxygen atoms in total. The first kappa shape index (κ1) is 9.69. The maximum absolute atomic E-state index is 9.87. The number of hydrogen-bond donors (Lipinski definition) is 2. The molecule has 2 rings (SSSR count). The first-order valence-electron chi connectivity index (χ1n) is 5.32. The van der Waals surface area contributed by atoms with Crippen LogP contribution in [0.4, 0.5) is 0 Å². The van der Waals surface area contributed by atoms with Crippen molar-refractivity contribution in [3.63, 3.8) is 0 Å². The predicted octanol–water partition coefficient (Wildman–Crippen LogP) is 1.64. The van der Waals surface area contributed by atoms with Crippen LogP contribution in [0, 0.1) is 0 Å². The van der Waals surface area contributed by atoms with Gasteiger partial charge in [-0.25, -0.2) is 0 Å². The molecule has 0 bridgehead atoms. The summed E-state index contributed by atoms with van der Waals surface area (Å²) >= 11 is 0. The molecule has 0 saturated heterocycles. The third-order valence-electron chi connectivity index (χ3n) is 2.82. The Morgan fingerprint density at radius 3 is 3.00 bits per heavy atom. The number of benzene rings is 1. The summed E-state index contributed by atoms with van der Waals surface area (Å²) in [6.07, 6.45) is 1.64. The molecule has 0 heterocycles. The van der Waals surface area contributed by atoms with Crippen LogP contribution < -0.4 is 5.32 Å². The van der Waals surface area contributed by atoms with Crippen LogP contribution in [0.2, 0.25) is 0 Å². The lowest BCUT2D eigenvalue weighted by Gasteiger charge is -2.17. The first-order chi connectivity index (χ1) is 6.83. The molecule has 0 radical (unpaired) electrons. The average molecular weight is 191 g/mol. The molecule has 1 aromatic rings. The minimum absolute atomic E-state index is 0.145. The van der Waals surface area contributed by atoms with E-state index in [4.69, 9.17) is 0 Å². The SMILES string of the molecule is CCCNC1c2ccccc2CC1O. The number of fused-ring (bicyclic) bond motifs is 1. The van der Waals surface area contributed by atoms with Gasteiger partial charge in [0.2, 0.25) is 0 Å². The topological polar surface area (TPSA) is 32.3 Å². The Morgan fingerprint density at radius 2 is 2.21 bits per heavy atom. The van der Waals surface area contributed by atoms with Gasteiger partial charge in [0.15, 0.2) is 0 Å². The second kappa shape index (κ2) is 4.11. The lowest BCUT2D eigenvalue weighted by molar-refractivity contribution is 0.141. The van der Waals surface area contributed by atoms with E-state index in [1.807, 2.05) is 12.1 Å². The van der Waals surface area contributed by atoms with Crippen molar-refractivity contribution in [2.45, 2.75) is 31.9 Å². The first-order valence-corrected chi connectivity index (χ1v) is 5.32. The van der Waals surface area contributed by atoms with Crippen LogP contribution in [0.15, 0.2) is 24.3 Å². The van der Waals surface area contributed by atoms with Crippen molar-refractivity contribution in [1.29, 1.82) is 0 Å². The normalized spacial score (nSPS) is 25.0. The summed E-state index contributed by atoms with van der Waals surface area (Å²) in [7, 11) is 0. The van der Waals surface area contributed by atoms with E-state index in [0.717, 1.165) is 19.4 Å². The second-order valence-corrected chi connectivity index (χ2v) is 3.90. The summed E-state index contributed by atoms with van der Waals surface area (Å²) in [5.74, 6) is 0. The summed E-state index contributed by atoms with van der Waals surface area (Å²) in [5, 5.41) is 13.3. The van der Waals surface area contributed by atoms with Crippen molar-refractivity contribution in [1.82, 2.24) is 5.32 Å². The molecule has 2 heteroatoms. The molecule has 2 unspecified atom stereocenters. The minimum Gasteiger partial charge on any atom is -0.391 e. The molecule has 2 atom stereocenters. The Kier molecular flexibility index (Phi) is 2.85. The third kappa shape index (κ3) is 1.68. The van der Waals surface area contributed by atoms with E-state index in [2.05, 4.69) is 24.4 Å². The molecule has 0 amide bonds. The van der Waals surface area contributed by atoms with Crippen molar-refractivity contribution in [3.05, 3.63) is 35.4 Å². The molecule has 0 spiro atoms. The smallest absolute Gasteiger partial charge is 0.0775 e. The highest BCUT2D eigenvalue weighted by atomic mass is 16.3. The Labute approximate surface area is 85.0 Å². The van der Waals surface area contributed by atoms with E-state index < -0.39 is 0 Å². The van der Waals surface area contributed by atoms with E-state index >= 15 is 0 Å². The third-order valence-corrected chi connectivity index (χ3v) is 2.82. The molecule has 76 valence electrons. The monoisotopic (exact) mass is 191 g/mol. The molecule has 0 aromatic heterocycles. The van der Waals surface area contributed by atoms with Gasteiger partial charge in [-0.2, -0.15) is 0 Å². The van der Waals surface area contributed by atoms with Gasteiger partial charge in [0.1, 0.15) is 0 Å². The van der Waals surface area contributed by atoms with Gasteiger partial charge in [0, 0.05) is 6.42 Å². The van der Waals surface area contributed by atoms with E-state index in [1.165, 1.54) is 11.1 Å². The van der Waals surface area contributed by atoms with Crippen molar-refractivity contribution < 1.29 is 5.11 Å². The van der Waals surface area contributed by atoms with Crippen molar-refractivity contribution in [2.24, 2.45) is 0 Å². The van der Waals surface area contributed by atoms with Crippen LogP contribution in [0.3, 0.4) is 0 Å². The summed E-state index contributed by atoms with van der Waals surface area (Å²) in [6, 6.07) is 8.43. The van der Waals surface area contributed by atoms with Crippen molar-refractivity contribution in [3.8, 4) is 0 Å². The van der Waals surface area contributed by atoms with E-state index in [1.54, 1.807) is 0 Å². The van der Waals surface area contributed by atoms with Crippen LogP contribution in [-0.2, 0) is 6.42 Å². The zero-order valence-corrected chi connectivity index (χ0v) is 8.53. The fourth-order valence-electron chi connectivity index (χ4n) is 2.12. The van der Waals surface area contributed by atoms with Crippen molar-refractivity contribution in [2.75, 3.05) is 6.54 Å². The van der Waals surface area contributed by atoms with Gasteiger partial charge in [0.25, 0.3) is 0 Å². The molecular weight excluding hydrogens is 174 g/mol. The minimum atomic E-state index is -0.251. The van der Waals surface area contributed by atoms with Gasteiger partial charge >= 0.3 is 0 Å². The molecule has 0 aliphatic heterocycles. The van der Waals surface area contributed by atoms with Gasteiger partial charge in [-0.15, -0.1) is 0 Å². The largest absolute Gasteiger partial charge is 0.391 e. The number of hydrogen-bond acceptors (Lipinski definition) is 2. The van der Waals surface area contributed by atoms with Crippen molar-refractivity contribution >= 4 is 0 Å². The maximum atomic E-state index is 9.87. The van der Waals surface area contributed by atoms with Gasteiger partial charge in [-0.3, -0.25) is 0 Å². The Morgan fingerprint density at radius 1 is 1.43 bits per heavy atom. The van der Waals surface area contributed by atoms with Gasteiger partial charge < -0.3 is 10.4 Å². The highest BCUT2D eigenvalue weighted by molar-refractivity contribution is 5.36. The molecule has 1 aromatic carbocycles.